The molecule has 2 fully saturated rings. The highest BCUT2D eigenvalue weighted by atomic mass is 16.7. The van der Waals surface area contributed by atoms with Gasteiger partial charge in [-0.3, -0.25) is 9.59 Å². The summed E-state index contributed by atoms with van der Waals surface area (Å²) < 4.78 is 33.7. The van der Waals surface area contributed by atoms with Crippen molar-refractivity contribution in [2.45, 2.75) is 293 Å². The maximum atomic E-state index is 13.0. The molecule has 2 aliphatic heterocycles. The van der Waals surface area contributed by atoms with Crippen molar-refractivity contribution in [1.82, 2.24) is 0 Å². The maximum Gasteiger partial charge on any atom is 0.306 e. The van der Waals surface area contributed by atoms with Crippen LogP contribution in [0.25, 0.3) is 0 Å². The predicted octanol–water partition coefficient (Wildman–Crippen LogP) is 8.55. The van der Waals surface area contributed by atoms with Gasteiger partial charge >= 0.3 is 11.9 Å². The molecular formula is C54H100O15. The minimum atomic E-state index is -1.76. The Morgan fingerprint density at radius 1 is 0.449 bits per heavy atom. The van der Waals surface area contributed by atoms with E-state index in [1.54, 1.807) is 0 Å². The summed E-state index contributed by atoms with van der Waals surface area (Å²) in [5.74, 6) is -0.914. The molecule has 0 bridgehead atoms. The van der Waals surface area contributed by atoms with Crippen LogP contribution >= 0.6 is 0 Å². The van der Waals surface area contributed by atoms with Gasteiger partial charge in [-0.1, -0.05) is 193 Å². The van der Waals surface area contributed by atoms with Crippen molar-refractivity contribution >= 4 is 11.9 Å². The van der Waals surface area contributed by atoms with Crippen molar-refractivity contribution in [3.8, 4) is 0 Å². The zero-order chi connectivity index (χ0) is 50.3. The quantitative estimate of drug-likeness (QED) is 0.0172. The summed E-state index contributed by atoms with van der Waals surface area (Å²) in [6.07, 6.45) is 25.2. The zero-order valence-electron chi connectivity index (χ0n) is 43.1. The lowest BCUT2D eigenvalue weighted by Crippen LogP contribution is -2.61. The van der Waals surface area contributed by atoms with Crippen LogP contribution in [0.4, 0.5) is 0 Å². The van der Waals surface area contributed by atoms with Gasteiger partial charge in [0.1, 0.15) is 55.4 Å². The Hall–Kier alpha value is -1.76. The van der Waals surface area contributed by atoms with Crippen LogP contribution in [0.3, 0.4) is 0 Å². The van der Waals surface area contributed by atoms with Gasteiger partial charge in [-0.2, -0.15) is 0 Å². The highest BCUT2D eigenvalue weighted by Gasteiger charge is 2.47. The number of carbonyl (C=O) groups excluding carboxylic acids is 2. The first kappa shape index (κ1) is 63.4. The number of ether oxygens (including phenoxy) is 6. The smallest absolute Gasteiger partial charge is 0.306 e. The summed E-state index contributed by atoms with van der Waals surface area (Å²) in [6.45, 7) is 2.60. The third kappa shape index (κ3) is 29.5. The van der Waals surface area contributed by atoms with E-state index in [-0.39, 0.29) is 26.1 Å². The molecule has 2 saturated heterocycles. The van der Waals surface area contributed by atoms with Crippen molar-refractivity contribution in [1.29, 1.82) is 0 Å². The van der Waals surface area contributed by atoms with E-state index in [1.807, 2.05) is 0 Å². The molecular weight excluding hydrogens is 889 g/mol. The van der Waals surface area contributed by atoms with Crippen molar-refractivity contribution in [2.24, 2.45) is 0 Å². The van der Waals surface area contributed by atoms with Gasteiger partial charge < -0.3 is 64.2 Å². The monoisotopic (exact) mass is 989 g/mol. The second-order valence-corrected chi connectivity index (χ2v) is 19.8. The molecule has 0 aromatic carbocycles. The molecule has 0 aromatic rings. The largest absolute Gasteiger partial charge is 0.462 e. The molecule has 15 nitrogen and oxygen atoms in total. The van der Waals surface area contributed by atoms with Gasteiger partial charge in [-0.15, -0.1) is 0 Å². The number of aliphatic hydroxyl groups is 7. The molecule has 0 aliphatic carbocycles. The van der Waals surface area contributed by atoms with Crippen LogP contribution < -0.4 is 0 Å². The molecule has 0 radical (unpaired) electrons. The van der Waals surface area contributed by atoms with Crippen molar-refractivity contribution < 1.29 is 73.8 Å². The van der Waals surface area contributed by atoms with Gasteiger partial charge in [0, 0.05) is 12.8 Å². The number of aliphatic hydroxyl groups excluding tert-OH is 7. The average molecular weight is 989 g/mol. The summed E-state index contributed by atoms with van der Waals surface area (Å²) in [7, 11) is 0. The summed E-state index contributed by atoms with van der Waals surface area (Å²) in [5.41, 5.74) is 0. The Morgan fingerprint density at radius 2 is 0.841 bits per heavy atom. The predicted molar refractivity (Wildman–Crippen MR) is 266 cm³/mol. The van der Waals surface area contributed by atoms with E-state index >= 15 is 0 Å². The fraction of sp³-hybridized carbons (Fsp3) is 0.926. The molecule has 7 N–H and O–H groups in total. The standard InChI is InChI=1S/C54H100O15/c1-3-5-7-9-11-13-15-17-19-20-21-23-25-27-29-31-33-35-37-46(57)67-42(39-64-45(56)36-34-32-30-28-26-24-22-18-16-14-12-10-8-6-4-2)40-65-53-52(63)50(61)48(59)44(69-53)41-66-54-51(62)49(60)47(58)43(38-55)68-54/h10,12,42-44,47-55,58-63H,3-9,11,13-41H2,1-2H3/b12-10+/t42-,43+,44+,47-,48-,49?,50?,51?,52?,53+,54+/m1/s1. The number of hydrogen-bond acceptors (Lipinski definition) is 15. The lowest BCUT2D eigenvalue weighted by molar-refractivity contribution is -0.332. The highest BCUT2D eigenvalue weighted by molar-refractivity contribution is 5.70. The van der Waals surface area contributed by atoms with E-state index in [1.165, 1.54) is 148 Å². The second kappa shape index (κ2) is 41.7. The summed E-state index contributed by atoms with van der Waals surface area (Å²) in [6, 6.07) is 0. The van der Waals surface area contributed by atoms with E-state index in [4.69, 9.17) is 28.4 Å². The molecule has 11 atom stereocenters. The van der Waals surface area contributed by atoms with E-state index in [2.05, 4.69) is 26.0 Å². The average Bonchev–Trinajstić information content (AvgIpc) is 3.34. The molecule has 0 aromatic heterocycles. The van der Waals surface area contributed by atoms with E-state index in [0.29, 0.717) is 12.8 Å². The molecule has 0 spiro atoms. The topological polar surface area (TPSA) is 231 Å². The van der Waals surface area contributed by atoms with Crippen LogP contribution in [0, 0.1) is 0 Å². The van der Waals surface area contributed by atoms with E-state index in [9.17, 15) is 45.3 Å². The van der Waals surface area contributed by atoms with Gasteiger partial charge in [0.25, 0.3) is 0 Å². The first-order valence-corrected chi connectivity index (χ1v) is 27.8. The number of carbonyl (C=O) groups is 2. The van der Waals surface area contributed by atoms with Crippen LogP contribution in [0.1, 0.15) is 226 Å². The minimum Gasteiger partial charge on any atom is -0.462 e. The molecule has 2 rings (SSSR count). The third-order valence-electron chi connectivity index (χ3n) is 13.5. The Balaban J connectivity index is 1.77. The Bertz CT molecular complexity index is 1250. The van der Waals surface area contributed by atoms with Crippen LogP contribution in [0.5, 0.6) is 0 Å². The van der Waals surface area contributed by atoms with Gasteiger partial charge in [0.05, 0.1) is 19.8 Å². The van der Waals surface area contributed by atoms with Crippen LogP contribution in [0.15, 0.2) is 12.2 Å². The molecule has 2 aliphatic rings. The molecule has 406 valence electrons. The van der Waals surface area contributed by atoms with Crippen molar-refractivity contribution in [3.05, 3.63) is 12.2 Å². The van der Waals surface area contributed by atoms with Gasteiger partial charge in [0.2, 0.25) is 0 Å². The highest BCUT2D eigenvalue weighted by Crippen LogP contribution is 2.27. The van der Waals surface area contributed by atoms with Crippen molar-refractivity contribution in [3.63, 3.8) is 0 Å². The Morgan fingerprint density at radius 3 is 1.32 bits per heavy atom. The molecule has 0 amide bonds. The number of hydrogen-bond donors (Lipinski definition) is 7. The fourth-order valence-electron chi connectivity index (χ4n) is 8.91. The van der Waals surface area contributed by atoms with Crippen LogP contribution in [0.2, 0.25) is 0 Å². The van der Waals surface area contributed by atoms with Gasteiger partial charge in [-0.05, 0) is 32.1 Å². The van der Waals surface area contributed by atoms with E-state index < -0.39 is 92.7 Å². The number of rotatable bonds is 44. The number of unbranched alkanes of at least 4 members (excludes halogenated alkanes) is 28. The molecule has 0 saturated carbocycles. The Labute approximate surface area is 416 Å². The van der Waals surface area contributed by atoms with E-state index in [0.717, 1.165) is 38.5 Å². The molecule has 4 unspecified atom stereocenters. The van der Waals surface area contributed by atoms with Crippen LogP contribution in [-0.4, -0.2) is 142 Å². The maximum absolute atomic E-state index is 13.0. The lowest BCUT2D eigenvalue weighted by Gasteiger charge is -2.42. The van der Waals surface area contributed by atoms with Crippen molar-refractivity contribution in [2.75, 3.05) is 26.4 Å². The number of allylic oxidation sites excluding steroid dienone is 2. The van der Waals surface area contributed by atoms with Gasteiger partial charge in [0.15, 0.2) is 18.7 Å². The summed E-state index contributed by atoms with van der Waals surface area (Å²) in [4.78, 5) is 25.8. The fourth-order valence-corrected chi connectivity index (χ4v) is 8.91. The van der Waals surface area contributed by atoms with Crippen LogP contribution in [-0.2, 0) is 38.0 Å². The third-order valence-corrected chi connectivity index (χ3v) is 13.5. The zero-order valence-corrected chi connectivity index (χ0v) is 43.1. The normalized spacial score (nSPS) is 25.6. The second-order valence-electron chi connectivity index (χ2n) is 19.8. The number of esters is 2. The Kier molecular flexibility index (Phi) is 38.3. The molecule has 15 heteroatoms. The molecule has 69 heavy (non-hydrogen) atoms. The SMILES string of the molecule is CCCC/C=C/CCCCCCCCCCCC(=O)OC[C@H](CO[C@H]1O[C@@H](CO[C@H]2O[C@@H](CO)[C@@H](O)C(O)C2O)[C@@H](O)C(O)C1O)OC(=O)CCCCCCCCCCCCCCCCCCCC. The summed E-state index contributed by atoms with van der Waals surface area (Å²) >= 11 is 0. The van der Waals surface area contributed by atoms with Gasteiger partial charge in [-0.25, -0.2) is 0 Å². The lowest BCUT2D eigenvalue weighted by atomic mass is 9.98. The summed E-state index contributed by atoms with van der Waals surface area (Å²) in [5, 5.41) is 72.2. The first-order chi connectivity index (χ1) is 33.5. The minimum absolute atomic E-state index is 0.171. The molecule has 2 heterocycles. The first-order valence-electron chi connectivity index (χ1n) is 27.8.